The predicted molar refractivity (Wildman–Crippen MR) is 114 cm³/mol. The van der Waals surface area contributed by atoms with Crippen LogP contribution in [0.15, 0.2) is 39.9 Å². The summed E-state index contributed by atoms with van der Waals surface area (Å²) in [5.41, 5.74) is 1.78. The van der Waals surface area contributed by atoms with Crippen molar-refractivity contribution in [2.24, 2.45) is 14.1 Å². The van der Waals surface area contributed by atoms with Gasteiger partial charge in [0.1, 0.15) is 11.3 Å². The van der Waals surface area contributed by atoms with E-state index >= 15 is 0 Å². The molecule has 2 aromatic heterocycles. The molecule has 0 radical (unpaired) electrons. The number of fused-ring (bicyclic) bond motifs is 1. The quantitative estimate of drug-likeness (QED) is 0.670. The first-order chi connectivity index (χ1) is 14.3. The molecule has 0 aliphatic carbocycles. The van der Waals surface area contributed by atoms with E-state index in [1.165, 1.54) is 11.6 Å². The third-order valence-electron chi connectivity index (χ3n) is 5.63. The van der Waals surface area contributed by atoms with Crippen molar-refractivity contribution in [2.75, 3.05) is 39.8 Å². The van der Waals surface area contributed by atoms with Crippen molar-refractivity contribution in [1.82, 2.24) is 23.9 Å². The summed E-state index contributed by atoms with van der Waals surface area (Å²) in [4.78, 5) is 43.9. The Morgan fingerprint density at radius 1 is 1.00 bits per heavy atom. The van der Waals surface area contributed by atoms with Crippen molar-refractivity contribution in [3.8, 4) is 17.0 Å². The van der Waals surface area contributed by atoms with Gasteiger partial charge in [0, 0.05) is 46.0 Å². The Hall–Kier alpha value is -3.33. The molecule has 0 spiro atoms. The van der Waals surface area contributed by atoms with Crippen LogP contribution in [0.4, 0.5) is 0 Å². The van der Waals surface area contributed by atoms with E-state index in [1.54, 1.807) is 25.2 Å². The number of likely N-dealkylation sites (N-methyl/N-ethyl adjacent to an activating group) is 1. The largest absolute Gasteiger partial charge is 0.484 e. The van der Waals surface area contributed by atoms with Crippen molar-refractivity contribution < 1.29 is 9.53 Å². The molecule has 0 saturated carbocycles. The molecule has 9 heteroatoms. The molecule has 9 nitrogen and oxygen atoms in total. The lowest BCUT2D eigenvalue weighted by molar-refractivity contribution is -0.134. The number of benzene rings is 1. The summed E-state index contributed by atoms with van der Waals surface area (Å²) in [5.74, 6) is 0.584. The molecule has 30 heavy (non-hydrogen) atoms. The van der Waals surface area contributed by atoms with Gasteiger partial charge in [-0.2, -0.15) is 0 Å². The summed E-state index contributed by atoms with van der Waals surface area (Å²) >= 11 is 0. The molecule has 4 rings (SSSR count). The summed E-state index contributed by atoms with van der Waals surface area (Å²) in [6.45, 7) is 3.20. The highest BCUT2D eigenvalue weighted by Crippen LogP contribution is 2.24. The van der Waals surface area contributed by atoms with E-state index in [2.05, 4.69) is 9.88 Å². The number of aryl methyl sites for hydroxylation is 1. The highest BCUT2D eigenvalue weighted by atomic mass is 16.5. The molecule has 0 atom stereocenters. The van der Waals surface area contributed by atoms with Crippen molar-refractivity contribution in [3.05, 3.63) is 51.2 Å². The summed E-state index contributed by atoms with van der Waals surface area (Å²) in [6, 6.07) is 9.06. The Morgan fingerprint density at radius 2 is 1.67 bits per heavy atom. The maximum atomic E-state index is 12.4. The van der Waals surface area contributed by atoms with Crippen LogP contribution in [0.5, 0.6) is 5.75 Å². The first-order valence-corrected chi connectivity index (χ1v) is 9.83. The minimum absolute atomic E-state index is 0.00754. The van der Waals surface area contributed by atoms with Crippen LogP contribution in [0, 0.1) is 0 Å². The summed E-state index contributed by atoms with van der Waals surface area (Å²) in [6.07, 6.45) is 0. The molecule has 0 bridgehead atoms. The Labute approximate surface area is 173 Å². The number of hydrogen-bond donors (Lipinski definition) is 1. The third kappa shape index (κ3) is 3.63. The van der Waals surface area contributed by atoms with Crippen molar-refractivity contribution >= 4 is 16.9 Å². The number of aromatic amines is 1. The topological polar surface area (TPSA) is 92.6 Å². The van der Waals surface area contributed by atoms with Gasteiger partial charge in [-0.15, -0.1) is 0 Å². The highest BCUT2D eigenvalue weighted by Gasteiger charge is 2.19. The van der Waals surface area contributed by atoms with Gasteiger partial charge in [0.25, 0.3) is 11.5 Å². The van der Waals surface area contributed by atoms with Gasteiger partial charge in [0.15, 0.2) is 6.61 Å². The van der Waals surface area contributed by atoms with Crippen molar-refractivity contribution in [1.29, 1.82) is 0 Å². The van der Waals surface area contributed by atoms with Crippen LogP contribution in [-0.4, -0.2) is 69.7 Å². The molecule has 3 aromatic rings. The van der Waals surface area contributed by atoms with Crippen LogP contribution >= 0.6 is 0 Å². The molecule has 3 heterocycles. The number of H-pyrrole nitrogens is 1. The van der Waals surface area contributed by atoms with Crippen LogP contribution in [-0.2, 0) is 18.9 Å². The highest BCUT2D eigenvalue weighted by molar-refractivity contribution is 5.82. The second-order valence-corrected chi connectivity index (χ2v) is 7.65. The van der Waals surface area contributed by atoms with E-state index in [9.17, 15) is 14.4 Å². The zero-order chi connectivity index (χ0) is 21.4. The standard InChI is InChI=1S/C21H25N5O4/c1-23-8-10-26(11-9-23)18(27)13-30-15-6-4-14(5-7-15)16-12-17-19(22-16)20(28)25(3)21(29)24(17)2/h4-7,12,22H,8-11,13H2,1-3H3. The van der Waals surface area contributed by atoms with E-state index < -0.39 is 0 Å². The number of ether oxygens (including phenoxy) is 1. The maximum absolute atomic E-state index is 12.4. The number of carbonyl (C=O) groups excluding carboxylic acids is 1. The number of nitrogens with one attached hydrogen (secondary N) is 1. The van der Waals surface area contributed by atoms with Gasteiger partial charge in [-0.3, -0.25) is 18.7 Å². The van der Waals surface area contributed by atoms with Gasteiger partial charge in [0.2, 0.25) is 0 Å². The molecule has 1 saturated heterocycles. The number of amides is 1. The number of aromatic nitrogens is 3. The van der Waals surface area contributed by atoms with Crippen LogP contribution in [0.2, 0.25) is 0 Å². The molecule has 1 amide bonds. The first-order valence-electron chi connectivity index (χ1n) is 9.83. The van der Waals surface area contributed by atoms with E-state index in [0.717, 1.165) is 42.0 Å². The minimum atomic E-state index is -0.369. The van der Waals surface area contributed by atoms with Gasteiger partial charge in [0.05, 0.1) is 5.52 Å². The maximum Gasteiger partial charge on any atom is 0.331 e. The lowest BCUT2D eigenvalue weighted by atomic mass is 10.1. The van der Waals surface area contributed by atoms with Crippen LogP contribution in [0.1, 0.15) is 0 Å². The second-order valence-electron chi connectivity index (χ2n) is 7.65. The molecular formula is C21H25N5O4. The van der Waals surface area contributed by atoms with Gasteiger partial charge >= 0.3 is 5.69 Å². The number of piperazine rings is 1. The molecule has 1 fully saturated rings. The Balaban J connectivity index is 1.48. The first kappa shape index (κ1) is 20.0. The Morgan fingerprint density at radius 3 is 2.33 bits per heavy atom. The number of hydrogen-bond acceptors (Lipinski definition) is 5. The Bertz CT molecular complexity index is 1200. The van der Waals surface area contributed by atoms with E-state index in [-0.39, 0.29) is 23.8 Å². The third-order valence-corrected chi connectivity index (χ3v) is 5.63. The van der Waals surface area contributed by atoms with Crippen molar-refractivity contribution in [3.63, 3.8) is 0 Å². The number of nitrogens with zero attached hydrogens (tertiary/aromatic N) is 4. The average molecular weight is 411 g/mol. The SMILES string of the molecule is CN1CCN(C(=O)COc2ccc(-c3cc4c([nH]3)c(=O)n(C)c(=O)n4C)cc2)CC1. The summed E-state index contributed by atoms with van der Waals surface area (Å²) < 4.78 is 8.18. The molecule has 1 aliphatic heterocycles. The van der Waals surface area contributed by atoms with Gasteiger partial charge in [-0.1, -0.05) is 0 Å². The van der Waals surface area contributed by atoms with Crippen molar-refractivity contribution in [2.45, 2.75) is 0 Å². The lowest BCUT2D eigenvalue weighted by Crippen LogP contribution is -2.48. The van der Waals surface area contributed by atoms with E-state index in [1.807, 2.05) is 24.1 Å². The summed E-state index contributed by atoms with van der Waals surface area (Å²) in [7, 11) is 5.14. The van der Waals surface area contributed by atoms with Gasteiger partial charge in [-0.25, -0.2) is 4.79 Å². The summed E-state index contributed by atoms with van der Waals surface area (Å²) in [5, 5.41) is 0. The fourth-order valence-electron chi connectivity index (χ4n) is 3.63. The van der Waals surface area contributed by atoms with Gasteiger partial charge in [-0.05, 0) is 42.9 Å². The molecule has 1 aromatic carbocycles. The van der Waals surface area contributed by atoms with Gasteiger partial charge < -0.3 is 19.5 Å². The number of carbonyl (C=O) groups is 1. The van der Waals surface area contributed by atoms with Crippen LogP contribution < -0.4 is 16.0 Å². The molecular weight excluding hydrogens is 386 g/mol. The molecule has 158 valence electrons. The molecule has 1 N–H and O–H groups in total. The Kier molecular flexibility index (Phi) is 5.21. The molecule has 1 aliphatic rings. The average Bonchev–Trinajstić information content (AvgIpc) is 3.21. The minimum Gasteiger partial charge on any atom is -0.484 e. The normalized spacial score (nSPS) is 15.0. The van der Waals surface area contributed by atoms with Crippen LogP contribution in [0.3, 0.4) is 0 Å². The lowest BCUT2D eigenvalue weighted by Gasteiger charge is -2.32. The zero-order valence-corrected chi connectivity index (χ0v) is 17.3. The predicted octanol–water partition coefficient (Wildman–Crippen LogP) is 0.385. The monoisotopic (exact) mass is 411 g/mol. The van der Waals surface area contributed by atoms with Crippen LogP contribution in [0.25, 0.3) is 22.3 Å². The van der Waals surface area contributed by atoms with E-state index in [4.69, 9.17) is 4.74 Å². The smallest absolute Gasteiger partial charge is 0.331 e. The van der Waals surface area contributed by atoms with E-state index in [0.29, 0.717) is 16.8 Å². The zero-order valence-electron chi connectivity index (χ0n) is 17.3. The second kappa shape index (κ2) is 7.83. The number of rotatable bonds is 4. The fourth-order valence-corrected chi connectivity index (χ4v) is 3.63. The fraction of sp³-hybridized carbons (Fsp3) is 0.381. The molecule has 0 unspecified atom stereocenters.